The number of fused-ring (bicyclic) bond motifs is 1. The van der Waals surface area contributed by atoms with Gasteiger partial charge in [0.15, 0.2) is 0 Å². The largest absolute Gasteiger partial charge is 0.416 e. The molecule has 0 radical (unpaired) electrons. The van der Waals surface area contributed by atoms with E-state index < -0.39 is 27.5 Å². The van der Waals surface area contributed by atoms with Crippen LogP contribution in [0, 0.1) is 5.92 Å². The Morgan fingerprint density at radius 2 is 1.95 bits per heavy atom. The van der Waals surface area contributed by atoms with Crippen molar-refractivity contribution in [2.24, 2.45) is 5.92 Å². The van der Waals surface area contributed by atoms with Crippen molar-refractivity contribution in [3.63, 3.8) is 0 Å². The van der Waals surface area contributed by atoms with Gasteiger partial charge in [-0.05, 0) is 29.8 Å². The van der Waals surface area contributed by atoms with Crippen molar-refractivity contribution in [2.75, 3.05) is 6.61 Å². The van der Waals surface area contributed by atoms with E-state index in [1.54, 1.807) is 0 Å². The van der Waals surface area contributed by atoms with Crippen LogP contribution < -0.4 is 0 Å². The van der Waals surface area contributed by atoms with Crippen molar-refractivity contribution in [1.82, 2.24) is 0 Å². The van der Waals surface area contributed by atoms with Gasteiger partial charge in [-0.1, -0.05) is 6.92 Å². The van der Waals surface area contributed by atoms with E-state index >= 15 is 0 Å². The molecule has 0 aliphatic carbocycles. The van der Waals surface area contributed by atoms with E-state index in [2.05, 4.69) is 0 Å². The van der Waals surface area contributed by atoms with Crippen LogP contribution in [-0.4, -0.2) is 20.1 Å². The van der Waals surface area contributed by atoms with Crippen molar-refractivity contribution in [1.29, 1.82) is 0 Å². The first-order chi connectivity index (χ1) is 8.67. The van der Waals surface area contributed by atoms with Crippen LogP contribution in [0.4, 0.5) is 13.2 Å². The van der Waals surface area contributed by atoms with Crippen LogP contribution in [0.5, 0.6) is 0 Å². The Kier molecular flexibility index (Phi) is 3.22. The molecule has 1 heterocycles. The second-order valence-electron chi connectivity index (χ2n) is 4.38. The average Bonchev–Trinajstić information content (AvgIpc) is 2.59. The smallest absolute Gasteiger partial charge is 0.396 e. The molecule has 0 saturated heterocycles. The highest BCUT2D eigenvalue weighted by molar-refractivity contribution is 7.95. The van der Waals surface area contributed by atoms with E-state index in [-0.39, 0.29) is 22.0 Å². The highest BCUT2D eigenvalue weighted by Gasteiger charge is 2.36. The molecule has 3 nitrogen and oxygen atoms in total. The Labute approximate surface area is 108 Å². The van der Waals surface area contributed by atoms with E-state index in [1.165, 1.54) is 13.0 Å². The number of benzene rings is 1. The Hall–Kier alpha value is -1.34. The number of hydrogen-bond donors (Lipinski definition) is 1. The van der Waals surface area contributed by atoms with Gasteiger partial charge >= 0.3 is 6.18 Å². The minimum Gasteiger partial charge on any atom is -0.396 e. The fourth-order valence-electron chi connectivity index (χ4n) is 1.94. The fourth-order valence-corrected chi connectivity index (χ4v) is 3.75. The summed E-state index contributed by atoms with van der Waals surface area (Å²) >= 11 is 0. The third-order valence-electron chi connectivity index (χ3n) is 2.99. The highest BCUT2D eigenvalue weighted by Crippen LogP contribution is 2.39. The van der Waals surface area contributed by atoms with E-state index in [0.29, 0.717) is 0 Å². The zero-order valence-corrected chi connectivity index (χ0v) is 10.7. The summed E-state index contributed by atoms with van der Waals surface area (Å²) in [6.45, 7) is 1.12. The summed E-state index contributed by atoms with van der Waals surface area (Å²) in [6, 6.07) is 2.52. The quantitative estimate of drug-likeness (QED) is 0.911. The molecule has 0 fully saturated rings. The van der Waals surface area contributed by atoms with Gasteiger partial charge < -0.3 is 5.11 Å². The molecular weight excluding hydrogens is 281 g/mol. The molecular formula is C12H11F3O3S. The summed E-state index contributed by atoms with van der Waals surface area (Å²) in [4.78, 5) is -0.194. The molecule has 0 saturated carbocycles. The molecule has 1 aromatic carbocycles. The van der Waals surface area contributed by atoms with Crippen molar-refractivity contribution >= 4 is 15.9 Å². The van der Waals surface area contributed by atoms with E-state index in [0.717, 1.165) is 18.2 Å². The van der Waals surface area contributed by atoms with Gasteiger partial charge in [0.25, 0.3) is 0 Å². The van der Waals surface area contributed by atoms with E-state index in [1.807, 2.05) is 0 Å². The molecule has 2 rings (SSSR count). The molecule has 0 aromatic heterocycles. The molecule has 1 aliphatic rings. The fraction of sp³-hybridized carbons (Fsp3) is 0.333. The minimum absolute atomic E-state index is 0.0186. The second kappa shape index (κ2) is 4.35. The van der Waals surface area contributed by atoms with Crippen molar-refractivity contribution in [2.45, 2.75) is 18.0 Å². The number of sulfone groups is 1. The molecule has 1 unspecified atom stereocenters. The van der Waals surface area contributed by atoms with Gasteiger partial charge in [0.2, 0.25) is 9.84 Å². The van der Waals surface area contributed by atoms with Gasteiger partial charge in [-0.2, -0.15) is 13.2 Å². The number of aliphatic hydroxyl groups excluding tert-OH is 1. The van der Waals surface area contributed by atoms with Gasteiger partial charge in [-0.15, -0.1) is 0 Å². The van der Waals surface area contributed by atoms with Gasteiger partial charge in [0.05, 0.1) is 22.0 Å². The summed E-state index contributed by atoms with van der Waals surface area (Å²) in [7, 11) is -3.79. The molecule has 0 bridgehead atoms. The van der Waals surface area contributed by atoms with Gasteiger partial charge in [-0.25, -0.2) is 8.42 Å². The average molecular weight is 292 g/mol. The van der Waals surface area contributed by atoms with Crippen molar-refractivity contribution in [3.8, 4) is 0 Å². The first-order valence-corrected chi connectivity index (χ1v) is 6.95. The molecule has 1 aliphatic heterocycles. The summed E-state index contributed by atoms with van der Waals surface area (Å²) in [5.74, 6) is -0.647. The standard InChI is InChI=1S/C12H11F3O3S/c1-7(6-16)11-5-8-4-9(12(13,14)15)2-3-10(8)19(11,17)18/h2-5,7,16H,6H2,1H3. The summed E-state index contributed by atoms with van der Waals surface area (Å²) in [5.41, 5.74) is -0.874. The summed E-state index contributed by atoms with van der Waals surface area (Å²) in [6.07, 6.45) is -3.32. The van der Waals surface area contributed by atoms with Gasteiger partial charge in [-0.3, -0.25) is 0 Å². The predicted molar refractivity (Wildman–Crippen MR) is 62.9 cm³/mol. The number of rotatable bonds is 2. The molecule has 7 heteroatoms. The monoisotopic (exact) mass is 292 g/mol. The number of alkyl halides is 3. The first kappa shape index (κ1) is 14.1. The van der Waals surface area contributed by atoms with Crippen LogP contribution in [0.3, 0.4) is 0 Å². The van der Waals surface area contributed by atoms with Crippen LogP contribution in [0.15, 0.2) is 28.0 Å². The van der Waals surface area contributed by atoms with Crippen molar-refractivity contribution < 1.29 is 26.7 Å². The third-order valence-corrected chi connectivity index (χ3v) is 5.09. The number of hydrogen-bond acceptors (Lipinski definition) is 3. The molecule has 1 atom stereocenters. The lowest BCUT2D eigenvalue weighted by Crippen LogP contribution is -2.11. The zero-order chi connectivity index (χ0) is 14.4. The third kappa shape index (κ3) is 2.28. The highest BCUT2D eigenvalue weighted by atomic mass is 32.2. The Bertz CT molecular complexity index is 645. The van der Waals surface area contributed by atoms with Crippen LogP contribution in [0.1, 0.15) is 18.1 Å². The lowest BCUT2D eigenvalue weighted by Gasteiger charge is -2.10. The molecule has 0 amide bonds. The second-order valence-corrected chi connectivity index (χ2v) is 6.30. The number of aliphatic hydroxyl groups is 1. The van der Waals surface area contributed by atoms with E-state index in [4.69, 9.17) is 5.11 Å². The molecule has 19 heavy (non-hydrogen) atoms. The lowest BCUT2D eigenvalue weighted by atomic mass is 10.1. The Morgan fingerprint density at radius 1 is 1.32 bits per heavy atom. The lowest BCUT2D eigenvalue weighted by molar-refractivity contribution is -0.137. The number of halogens is 3. The molecule has 0 spiro atoms. The maximum Gasteiger partial charge on any atom is 0.416 e. The van der Waals surface area contributed by atoms with Crippen molar-refractivity contribution in [3.05, 3.63) is 34.2 Å². The first-order valence-electron chi connectivity index (χ1n) is 5.46. The Balaban J connectivity index is 2.58. The SMILES string of the molecule is CC(CO)C1=Cc2cc(C(F)(F)F)ccc2S1(=O)=O. The maximum atomic E-state index is 12.6. The summed E-state index contributed by atoms with van der Waals surface area (Å²) in [5, 5.41) is 9.00. The maximum absolute atomic E-state index is 12.6. The zero-order valence-electron chi connectivity index (χ0n) is 9.90. The van der Waals surface area contributed by atoms with Crippen LogP contribution in [-0.2, 0) is 16.0 Å². The van der Waals surface area contributed by atoms with Crippen LogP contribution >= 0.6 is 0 Å². The summed E-state index contributed by atoms with van der Waals surface area (Å²) < 4.78 is 61.9. The molecule has 1 N–H and O–H groups in total. The van der Waals surface area contributed by atoms with E-state index in [9.17, 15) is 21.6 Å². The predicted octanol–water partition coefficient (Wildman–Crippen LogP) is 2.46. The molecule has 1 aromatic rings. The normalized spacial score (nSPS) is 18.9. The minimum atomic E-state index is -4.52. The van der Waals surface area contributed by atoms with Gasteiger partial charge in [0.1, 0.15) is 0 Å². The van der Waals surface area contributed by atoms with Crippen LogP contribution in [0.25, 0.3) is 6.08 Å². The molecule has 104 valence electrons. The Morgan fingerprint density at radius 3 is 2.47 bits per heavy atom. The topological polar surface area (TPSA) is 54.4 Å². The van der Waals surface area contributed by atoms with Gasteiger partial charge in [0, 0.05) is 5.92 Å². The van der Waals surface area contributed by atoms with Crippen LogP contribution in [0.2, 0.25) is 0 Å².